The maximum atomic E-state index is 13.1. The lowest BCUT2D eigenvalue weighted by molar-refractivity contribution is -0.117. The number of carbonyl (C=O) groups excluding carboxylic acids is 2. The van der Waals surface area contributed by atoms with Crippen molar-refractivity contribution in [2.24, 2.45) is 0 Å². The van der Waals surface area contributed by atoms with Gasteiger partial charge in [-0.05, 0) is 36.4 Å². The molecule has 9 nitrogen and oxygen atoms in total. The van der Waals surface area contributed by atoms with E-state index in [1.807, 2.05) is 6.07 Å². The van der Waals surface area contributed by atoms with Crippen molar-refractivity contribution in [3.05, 3.63) is 76.2 Å². The molecule has 144 valence electrons. The van der Waals surface area contributed by atoms with Gasteiger partial charge >= 0.3 is 11.7 Å². The summed E-state index contributed by atoms with van der Waals surface area (Å²) in [6.45, 7) is -0.444. The highest BCUT2D eigenvalue weighted by molar-refractivity contribution is 5.96. The summed E-state index contributed by atoms with van der Waals surface area (Å²) in [7, 11) is 0. The zero-order valence-corrected chi connectivity index (χ0v) is 14.9. The fourth-order valence-corrected chi connectivity index (χ4v) is 3.06. The zero-order valence-electron chi connectivity index (χ0n) is 14.9. The molecule has 29 heavy (non-hydrogen) atoms. The van der Waals surface area contributed by atoms with Gasteiger partial charge in [0.2, 0.25) is 5.91 Å². The number of anilines is 2. The number of nitrogens with zero attached hydrogens (tertiary/aromatic N) is 5. The Kier molecular flexibility index (Phi) is 4.40. The Morgan fingerprint density at radius 1 is 1.17 bits per heavy atom. The third-order valence-corrected chi connectivity index (χ3v) is 4.40. The van der Waals surface area contributed by atoms with Gasteiger partial charge in [0.1, 0.15) is 18.4 Å². The Morgan fingerprint density at radius 2 is 1.90 bits per heavy atom. The van der Waals surface area contributed by atoms with Crippen LogP contribution in [0.25, 0.3) is 0 Å². The van der Waals surface area contributed by atoms with E-state index < -0.39 is 30.0 Å². The molecule has 0 radical (unpaired) electrons. The summed E-state index contributed by atoms with van der Waals surface area (Å²) >= 11 is 0. The Morgan fingerprint density at radius 3 is 2.62 bits per heavy atom. The van der Waals surface area contributed by atoms with Gasteiger partial charge in [0.15, 0.2) is 5.82 Å². The number of carbonyl (C=O) groups is 2. The predicted octanol–water partition coefficient (Wildman–Crippen LogP) is 1.68. The number of hydrogen-bond donors (Lipinski definition) is 1. The van der Waals surface area contributed by atoms with Crippen LogP contribution < -0.4 is 15.9 Å². The van der Waals surface area contributed by atoms with Gasteiger partial charge in [-0.3, -0.25) is 9.69 Å². The first-order valence-corrected chi connectivity index (χ1v) is 8.53. The molecule has 1 aromatic heterocycles. The van der Waals surface area contributed by atoms with Crippen LogP contribution >= 0.6 is 0 Å². The van der Waals surface area contributed by atoms with Crippen molar-refractivity contribution in [3.63, 3.8) is 0 Å². The first kappa shape index (κ1) is 18.1. The minimum Gasteiger partial charge on any atom is -0.323 e. The summed E-state index contributed by atoms with van der Waals surface area (Å²) in [5.74, 6) is -0.857. The van der Waals surface area contributed by atoms with Crippen molar-refractivity contribution < 1.29 is 14.0 Å². The second kappa shape index (κ2) is 7.05. The highest BCUT2D eigenvalue weighted by Crippen LogP contribution is 2.23. The number of benzene rings is 2. The number of halogens is 1. The van der Waals surface area contributed by atoms with Gasteiger partial charge in [-0.1, -0.05) is 12.1 Å². The predicted molar refractivity (Wildman–Crippen MR) is 99.7 cm³/mol. The maximum Gasteiger partial charge on any atom is 0.365 e. The molecule has 10 heteroatoms. The number of hydrogen-bond acceptors (Lipinski definition) is 5. The molecule has 0 spiro atoms. The van der Waals surface area contributed by atoms with Crippen LogP contribution in [0.3, 0.4) is 0 Å². The topological polar surface area (TPSA) is 113 Å². The van der Waals surface area contributed by atoms with Crippen LogP contribution in [0.5, 0.6) is 0 Å². The summed E-state index contributed by atoms with van der Waals surface area (Å²) in [6.07, 6.45) is 0. The van der Waals surface area contributed by atoms with Crippen molar-refractivity contribution in [1.29, 1.82) is 5.26 Å². The fraction of sp³-hybridized carbons (Fsp3) is 0.105. The smallest absolute Gasteiger partial charge is 0.323 e. The Bertz CT molecular complexity index is 1220. The lowest BCUT2D eigenvalue weighted by Gasteiger charge is -2.15. The van der Waals surface area contributed by atoms with Crippen LogP contribution in [0, 0.1) is 17.1 Å². The molecule has 0 atom stereocenters. The number of rotatable bonds is 4. The average Bonchev–Trinajstić information content (AvgIpc) is 3.18. The van der Waals surface area contributed by atoms with Gasteiger partial charge in [-0.25, -0.2) is 18.7 Å². The van der Waals surface area contributed by atoms with Crippen LogP contribution in [-0.4, -0.2) is 26.3 Å². The number of para-hydroxylation sites is 1. The van der Waals surface area contributed by atoms with Crippen molar-refractivity contribution in [2.75, 3.05) is 10.2 Å². The Balaban J connectivity index is 1.58. The van der Waals surface area contributed by atoms with Gasteiger partial charge in [-0.2, -0.15) is 14.9 Å². The molecule has 0 fully saturated rings. The lowest BCUT2D eigenvalue weighted by atomic mass is 10.2. The van der Waals surface area contributed by atoms with Gasteiger partial charge in [0.05, 0.1) is 17.8 Å². The highest BCUT2D eigenvalue weighted by atomic mass is 19.1. The first-order valence-electron chi connectivity index (χ1n) is 8.53. The van der Waals surface area contributed by atoms with Crippen molar-refractivity contribution in [2.45, 2.75) is 13.1 Å². The highest BCUT2D eigenvalue weighted by Gasteiger charge is 2.33. The van der Waals surface area contributed by atoms with E-state index in [2.05, 4.69) is 10.3 Å². The standard InChI is InChI=1S/C19H13FN6O3/c20-13-5-7-14(8-6-13)24-10-16-23-18(28)25(26(16)19(24)29)11-17(27)22-15-4-2-1-3-12(15)9-21/h1-8H,10-11H2,(H,22,27). The van der Waals surface area contributed by atoms with E-state index in [4.69, 9.17) is 5.26 Å². The van der Waals surface area contributed by atoms with Crippen LogP contribution in [0.2, 0.25) is 0 Å². The molecular weight excluding hydrogens is 379 g/mol. The van der Waals surface area contributed by atoms with Crippen LogP contribution in [-0.2, 0) is 17.9 Å². The van der Waals surface area contributed by atoms with E-state index in [-0.39, 0.29) is 17.9 Å². The molecule has 0 bridgehead atoms. The molecule has 1 aliphatic heterocycles. The summed E-state index contributed by atoms with van der Waals surface area (Å²) in [5.41, 5.74) is 0.267. The van der Waals surface area contributed by atoms with Crippen molar-refractivity contribution in [3.8, 4) is 6.07 Å². The molecule has 0 unspecified atom stereocenters. The molecule has 0 aliphatic carbocycles. The Hall–Kier alpha value is -4.26. The van der Waals surface area contributed by atoms with E-state index in [0.29, 0.717) is 11.4 Å². The molecule has 1 N–H and O–H groups in total. The number of nitrogens with one attached hydrogen (secondary N) is 1. The van der Waals surface area contributed by atoms with E-state index >= 15 is 0 Å². The summed E-state index contributed by atoms with van der Waals surface area (Å²) < 4.78 is 15.1. The second-order valence-corrected chi connectivity index (χ2v) is 6.23. The van der Waals surface area contributed by atoms with E-state index in [1.54, 1.807) is 24.3 Å². The second-order valence-electron chi connectivity index (χ2n) is 6.23. The van der Waals surface area contributed by atoms with Crippen LogP contribution in [0.4, 0.5) is 20.6 Å². The molecular formula is C19H13FN6O3. The van der Waals surface area contributed by atoms with Gasteiger partial charge in [0.25, 0.3) is 0 Å². The molecule has 3 aromatic rings. The summed E-state index contributed by atoms with van der Waals surface area (Å²) in [4.78, 5) is 42.5. The van der Waals surface area contributed by atoms with E-state index in [9.17, 15) is 18.8 Å². The quantitative estimate of drug-likeness (QED) is 0.726. The van der Waals surface area contributed by atoms with Gasteiger partial charge in [0, 0.05) is 5.69 Å². The molecule has 0 saturated heterocycles. The molecule has 1 aliphatic rings. The number of amides is 2. The molecule has 0 saturated carbocycles. The summed E-state index contributed by atoms with van der Waals surface area (Å²) in [6, 6.07) is 13.1. The lowest BCUT2D eigenvalue weighted by Crippen LogP contribution is -2.36. The number of nitriles is 1. The normalized spacial score (nSPS) is 12.6. The van der Waals surface area contributed by atoms with E-state index in [0.717, 1.165) is 9.36 Å². The summed E-state index contributed by atoms with van der Waals surface area (Å²) in [5, 5.41) is 11.7. The third kappa shape index (κ3) is 3.25. The zero-order chi connectivity index (χ0) is 20.5. The SMILES string of the molecule is N#Cc1ccccc1NC(=O)Cn1c(=O)nc2n1C(=O)N(c1ccc(F)cc1)C2. The first-order chi connectivity index (χ1) is 14.0. The van der Waals surface area contributed by atoms with Gasteiger partial charge in [-0.15, -0.1) is 0 Å². The molecule has 2 aromatic carbocycles. The van der Waals surface area contributed by atoms with Crippen molar-refractivity contribution >= 4 is 23.3 Å². The monoisotopic (exact) mass is 392 g/mol. The van der Waals surface area contributed by atoms with Crippen LogP contribution in [0.1, 0.15) is 11.4 Å². The molecule has 2 heterocycles. The molecule has 4 rings (SSSR count). The van der Waals surface area contributed by atoms with Crippen LogP contribution in [0.15, 0.2) is 53.3 Å². The number of aromatic nitrogens is 3. The Labute approximate surface area is 163 Å². The van der Waals surface area contributed by atoms with Gasteiger partial charge < -0.3 is 5.32 Å². The average molecular weight is 392 g/mol. The molecule has 2 amide bonds. The minimum absolute atomic E-state index is 0.0194. The largest absolute Gasteiger partial charge is 0.365 e. The minimum atomic E-state index is -0.740. The van der Waals surface area contributed by atoms with Crippen molar-refractivity contribution in [1.82, 2.24) is 14.3 Å². The third-order valence-electron chi connectivity index (χ3n) is 4.40. The van der Waals surface area contributed by atoms with E-state index in [1.165, 1.54) is 29.2 Å². The maximum absolute atomic E-state index is 13.1. The fourth-order valence-electron chi connectivity index (χ4n) is 3.06. The number of fused-ring (bicyclic) bond motifs is 1.